The second-order valence-electron chi connectivity index (χ2n) is 7.71. The van der Waals surface area contributed by atoms with E-state index >= 15 is 4.39 Å². The van der Waals surface area contributed by atoms with Gasteiger partial charge in [-0.05, 0) is 66.0 Å². The first-order chi connectivity index (χ1) is 12.5. The van der Waals surface area contributed by atoms with Crippen molar-refractivity contribution in [2.75, 3.05) is 0 Å². The molecule has 1 unspecified atom stereocenters. The molecular formula is C22H22F4. The van der Waals surface area contributed by atoms with E-state index in [9.17, 15) is 13.2 Å². The summed E-state index contributed by atoms with van der Waals surface area (Å²) in [7, 11) is 0. The van der Waals surface area contributed by atoms with Crippen LogP contribution in [0.25, 0.3) is 11.1 Å². The molecule has 2 aliphatic rings. The zero-order valence-electron chi connectivity index (χ0n) is 14.6. The molecule has 138 valence electrons. The van der Waals surface area contributed by atoms with Gasteiger partial charge in [0.1, 0.15) is 11.6 Å². The van der Waals surface area contributed by atoms with E-state index in [0.717, 1.165) is 24.1 Å². The lowest BCUT2D eigenvalue weighted by molar-refractivity contribution is 0.226. The summed E-state index contributed by atoms with van der Waals surface area (Å²) >= 11 is 0. The number of fused-ring (bicyclic) bond motifs is 1. The SMILES string of the molecule is Fc1ccc(-c2c(F)cc3c(c2F)CCC(C2CCCCC2)C3)cc1F. The summed E-state index contributed by atoms with van der Waals surface area (Å²) in [5.41, 5.74) is 1.07. The van der Waals surface area contributed by atoms with E-state index in [-0.39, 0.29) is 11.1 Å². The monoisotopic (exact) mass is 362 g/mol. The first kappa shape index (κ1) is 17.6. The van der Waals surface area contributed by atoms with Gasteiger partial charge in [0, 0.05) is 0 Å². The van der Waals surface area contributed by atoms with E-state index < -0.39 is 23.3 Å². The topological polar surface area (TPSA) is 0 Å². The molecule has 2 aliphatic carbocycles. The largest absolute Gasteiger partial charge is 0.206 e. The fraction of sp³-hybridized carbons (Fsp3) is 0.455. The van der Waals surface area contributed by atoms with Crippen molar-refractivity contribution in [2.24, 2.45) is 11.8 Å². The third-order valence-corrected chi connectivity index (χ3v) is 6.18. The first-order valence-corrected chi connectivity index (χ1v) is 9.49. The van der Waals surface area contributed by atoms with Crippen molar-refractivity contribution < 1.29 is 17.6 Å². The quantitative estimate of drug-likeness (QED) is 0.528. The Bertz CT molecular complexity index is 821. The maximum atomic E-state index is 15.0. The zero-order chi connectivity index (χ0) is 18.3. The van der Waals surface area contributed by atoms with Gasteiger partial charge in [0.15, 0.2) is 11.6 Å². The van der Waals surface area contributed by atoms with Gasteiger partial charge in [-0.2, -0.15) is 0 Å². The molecule has 0 N–H and O–H groups in total. The second-order valence-corrected chi connectivity index (χ2v) is 7.71. The van der Waals surface area contributed by atoms with Crippen LogP contribution in [0.2, 0.25) is 0 Å². The standard InChI is InChI=1S/C22H22F4/c23-18-9-7-15(11-19(18)24)21-20(25)12-16-10-14(6-8-17(16)22(21)26)13-4-2-1-3-5-13/h7,9,11-14H,1-6,8,10H2. The van der Waals surface area contributed by atoms with Crippen molar-refractivity contribution in [3.05, 3.63) is 58.7 Å². The number of hydrogen-bond acceptors (Lipinski definition) is 0. The first-order valence-electron chi connectivity index (χ1n) is 9.49. The average Bonchev–Trinajstić information content (AvgIpc) is 2.65. The molecule has 0 radical (unpaired) electrons. The van der Waals surface area contributed by atoms with E-state index in [1.165, 1.54) is 44.2 Å². The van der Waals surface area contributed by atoms with Crippen molar-refractivity contribution >= 4 is 0 Å². The van der Waals surface area contributed by atoms with Crippen LogP contribution in [0.3, 0.4) is 0 Å². The molecule has 4 heteroatoms. The maximum absolute atomic E-state index is 15.0. The molecule has 0 amide bonds. The molecule has 1 atom stereocenters. The summed E-state index contributed by atoms with van der Waals surface area (Å²) in [5, 5.41) is 0. The van der Waals surface area contributed by atoms with Crippen molar-refractivity contribution in [1.29, 1.82) is 0 Å². The Morgan fingerprint density at radius 1 is 0.731 bits per heavy atom. The van der Waals surface area contributed by atoms with Crippen molar-refractivity contribution in [1.82, 2.24) is 0 Å². The Kier molecular flexibility index (Phi) is 4.76. The van der Waals surface area contributed by atoms with Crippen molar-refractivity contribution in [3.63, 3.8) is 0 Å². The van der Waals surface area contributed by atoms with Crippen LogP contribution in [0.15, 0.2) is 24.3 Å². The van der Waals surface area contributed by atoms with Crippen LogP contribution in [-0.4, -0.2) is 0 Å². The van der Waals surface area contributed by atoms with Crippen LogP contribution in [0.5, 0.6) is 0 Å². The summed E-state index contributed by atoms with van der Waals surface area (Å²) in [6.07, 6.45) is 8.46. The van der Waals surface area contributed by atoms with Gasteiger partial charge in [-0.1, -0.05) is 38.2 Å². The molecule has 2 aromatic carbocycles. The summed E-state index contributed by atoms with van der Waals surface area (Å²) in [4.78, 5) is 0. The molecule has 0 aromatic heterocycles. The Labute approximate surface area is 151 Å². The Hall–Kier alpha value is -1.84. The van der Waals surface area contributed by atoms with Crippen LogP contribution in [-0.2, 0) is 12.8 Å². The predicted molar refractivity (Wildman–Crippen MR) is 93.8 cm³/mol. The number of hydrogen-bond donors (Lipinski definition) is 0. The fourth-order valence-electron chi connectivity index (χ4n) is 4.80. The van der Waals surface area contributed by atoms with Crippen LogP contribution in [0.1, 0.15) is 49.7 Å². The molecule has 0 aliphatic heterocycles. The minimum absolute atomic E-state index is 0.0381. The smallest absolute Gasteiger partial charge is 0.159 e. The Morgan fingerprint density at radius 2 is 1.50 bits per heavy atom. The summed E-state index contributed by atoms with van der Waals surface area (Å²) < 4.78 is 56.4. The Morgan fingerprint density at radius 3 is 2.23 bits per heavy atom. The van der Waals surface area contributed by atoms with Gasteiger partial charge in [-0.25, -0.2) is 17.6 Å². The minimum atomic E-state index is -1.10. The van der Waals surface area contributed by atoms with Crippen LogP contribution >= 0.6 is 0 Å². The van der Waals surface area contributed by atoms with Crippen LogP contribution < -0.4 is 0 Å². The van der Waals surface area contributed by atoms with Gasteiger partial charge in [-0.3, -0.25) is 0 Å². The van der Waals surface area contributed by atoms with E-state index in [1.54, 1.807) is 0 Å². The molecule has 1 saturated carbocycles. The summed E-state index contributed by atoms with van der Waals surface area (Å²) in [5.74, 6) is -2.28. The van der Waals surface area contributed by atoms with Gasteiger partial charge in [0.2, 0.25) is 0 Å². The third-order valence-electron chi connectivity index (χ3n) is 6.18. The van der Waals surface area contributed by atoms with Gasteiger partial charge in [-0.15, -0.1) is 0 Å². The molecule has 0 heterocycles. The summed E-state index contributed by atoms with van der Waals surface area (Å²) in [6, 6.07) is 4.39. The molecule has 26 heavy (non-hydrogen) atoms. The van der Waals surface area contributed by atoms with Gasteiger partial charge in [0.25, 0.3) is 0 Å². The molecule has 4 rings (SSSR count). The van der Waals surface area contributed by atoms with E-state index in [0.29, 0.717) is 30.2 Å². The van der Waals surface area contributed by atoms with Crippen LogP contribution in [0.4, 0.5) is 17.6 Å². The molecule has 0 saturated heterocycles. The van der Waals surface area contributed by atoms with E-state index in [4.69, 9.17) is 0 Å². The lowest BCUT2D eigenvalue weighted by atomic mass is 9.71. The number of rotatable bonds is 2. The second kappa shape index (κ2) is 7.05. The predicted octanol–water partition coefficient (Wildman–Crippen LogP) is 6.60. The highest BCUT2D eigenvalue weighted by Crippen LogP contribution is 2.41. The maximum Gasteiger partial charge on any atom is 0.159 e. The summed E-state index contributed by atoms with van der Waals surface area (Å²) in [6.45, 7) is 0. The Balaban J connectivity index is 1.67. The molecule has 0 nitrogen and oxygen atoms in total. The normalized spacial score (nSPS) is 20.8. The van der Waals surface area contributed by atoms with Gasteiger partial charge >= 0.3 is 0 Å². The molecule has 0 bridgehead atoms. The van der Waals surface area contributed by atoms with Gasteiger partial charge < -0.3 is 0 Å². The third kappa shape index (κ3) is 3.15. The average molecular weight is 362 g/mol. The number of benzene rings is 2. The lowest BCUT2D eigenvalue weighted by Gasteiger charge is -2.34. The highest BCUT2D eigenvalue weighted by atomic mass is 19.2. The van der Waals surface area contributed by atoms with Crippen molar-refractivity contribution in [3.8, 4) is 11.1 Å². The highest BCUT2D eigenvalue weighted by Gasteiger charge is 2.30. The lowest BCUT2D eigenvalue weighted by Crippen LogP contribution is -2.25. The van der Waals surface area contributed by atoms with E-state index in [2.05, 4.69) is 0 Å². The van der Waals surface area contributed by atoms with E-state index in [1.807, 2.05) is 0 Å². The van der Waals surface area contributed by atoms with Crippen LogP contribution in [0, 0.1) is 35.1 Å². The van der Waals surface area contributed by atoms with Gasteiger partial charge in [0.05, 0.1) is 5.56 Å². The molecule has 2 aromatic rings. The van der Waals surface area contributed by atoms with Crippen molar-refractivity contribution in [2.45, 2.75) is 51.4 Å². The fourth-order valence-corrected chi connectivity index (χ4v) is 4.80. The molecule has 1 fully saturated rings. The minimum Gasteiger partial charge on any atom is -0.206 e. The highest BCUT2D eigenvalue weighted by molar-refractivity contribution is 5.67. The zero-order valence-corrected chi connectivity index (χ0v) is 14.6. The molecular weight excluding hydrogens is 340 g/mol. The number of halogens is 4. The molecule has 0 spiro atoms.